The highest BCUT2D eigenvalue weighted by Gasteiger charge is 2.32. The predicted molar refractivity (Wildman–Crippen MR) is 334 cm³/mol. The van der Waals surface area contributed by atoms with Crippen LogP contribution in [-0.2, 0) is 77.0 Å². The molecule has 9 aromatic rings. The van der Waals surface area contributed by atoms with Crippen molar-refractivity contribution < 1.29 is 0 Å². The van der Waals surface area contributed by atoms with Crippen molar-refractivity contribution in [2.45, 2.75) is 154 Å². The number of benzene rings is 9. The smallest absolute Gasteiger partial charge is 0.0462 e. The fraction of sp³-hybridized carbons (Fsp3) is 0.308. The molecular formula is C78H75N. The maximum absolute atomic E-state index is 2.56. The number of fused-ring (bicyclic) bond motifs is 6. The molecule has 6 aliphatic rings. The fourth-order valence-corrected chi connectivity index (χ4v) is 16.5. The third-order valence-corrected chi connectivity index (χ3v) is 19.9. The van der Waals surface area contributed by atoms with Crippen molar-refractivity contribution in [1.82, 2.24) is 0 Å². The lowest BCUT2D eigenvalue weighted by Crippen LogP contribution is -2.16. The molecule has 9 aromatic carbocycles. The van der Waals surface area contributed by atoms with E-state index in [1.165, 1.54) is 205 Å². The number of nitrogens with zero attached hydrogens (tertiary/aromatic N) is 1. The molecule has 1 heteroatoms. The van der Waals surface area contributed by atoms with Gasteiger partial charge < -0.3 is 4.90 Å². The molecule has 0 atom stereocenters. The Bertz CT molecular complexity index is 3220. The SMILES string of the molecule is c1ccc(-c2c3c(c(-c4ccc(N(c5ccc(-c6c7c(c(-c8ccccc8)c8c6CCCC8)CCCC7)cc5)c5ccc(-c6c7c(c(-c8ccccc8)c8c6CCCC8)CCCC7)cc5)cc4)c4c2CCCC4)CCCC3)cc1. The summed E-state index contributed by atoms with van der Waals surface area (Å²) < 4.78 is 0. The van der Waals surface area contributed by atoms with Gasteiger partial charge in [-0.15, -0.1) is 0 Å². The Morgan fingerprint density at radius 2 is 0.316 bits per heavy atom. The van der Waals surface area contributed by atoms with Gasteiger partial charge >= 0.3 is 0 Å². The molecule has 15 rings (SSSR count). The molecule has 0 aromatic heterocycles. The maximum atomic E-state index is 2.56. The van der Waals surface area contributed by atoms with Crippen LogP contribution < -0.4 is 4.90 Å². The van der Waals surface area contributed by atoms with Crippen LogP contribution in [0, 0.1) is 0 Å². The van der Waals surface area contributed by atoms with Crippen LogP contribution in [0.15, 0.2) is 164 Å². The molecule has 0 spiro atoms. The van der Waals surface area contributed by atoms with Crippen molar-refractivity contribution in [1.29, 1.82) is 0 Å². The Hall–Kier alpha value is -7.22. The Morgan fingerprint density at radius 1 is 0.165 bits per heavy atom. The molecule has 1 nitrogen and oxygen atoms in total. The van der Waals surface area contributed by atoms with Crippen molar-refractivity contribution in [2.75, 3.05) is 4.90 Å². The van der Waals surface area contributed by atoms with E-state index in [1.807, 2.05) is 0 Å². The van der Waals surface area contributed by atoms with Crippen LogP contribution in [0.3, 0.4) is 0 Å². The first-order valence-electron chi connectivity index (χ1n) is 31.1. The Labute approximate surface area is 470 Å². The second kappa shape index (κ2) is 21.1. The van der Waals surface area contributed by atoms with Gasteiger partial charge in [0, 0.05) is 17.1 Å². The first-order chi connectivity index (χ1) is 39.2. The Morgan fingerprint density at radius 3 is 0.481 bits per heavy atom. The summed E-state index contributed by atoms with van der Waals surface area (Å²) in [6.45, 7) is 0. The summed E-state index contributed by atoms with van der Waals surface area (Å²) in [6, 6.07) is 63.9. The molecule has 0 heterocycles. The lowest BCUT2D eigenvalue weighted by Gasteiger charge is -2.33. The quantitative estimate of drug-likeness (QED) is 0.139. The van der Waals surface area contributed by atoms with Gasteiger partial charge in [-0.05, 0) is 324 Å². The molecule has 0 amide bonds. The van der Waals surface area contributed by atoms with Gasteiger partial charge in [-0.2, -0.15) is 0 Å². The zero-order valence-corrected chi connectivity index (χ0v) is 46.5. The Balaban J connectivity index is 0.866. The highest BCUT2D eigenvalue weighted by Crippen LogP contribution is 2.51. The normalized spacial score (nSPS) is 16.4. The molecule has 79 heavy (non-hydrogen) atoms. The summed E-state index contributed by atoms with van der Waals surface area (Å²) in [5.41, 5.74) is 41.1. The molecule has 0 saturated heterocycles. The summed E-state index contributed by atoms with van der Waals surface area (Å²) in [7, 11) is 0. The highest BCUT2D eigenvalue weighted by molar-refractivity contribution is 5.90. The van der Waals surface area contributed by atoms with Gasteiger partial charge in [-0.1, -0.05) is 127 Å². The zero-order chi connectivity index (χ0) is 52.2. The summed E-state index contributed by atoms with van der Waals surface area (Å²) in [4.78, 5) is 2.56. The molecule has 0 bridgehead atoms. The third-order valence-electron chi connectivity index (χ3n) is 19.9. The minimum absolute atomic E-state index is 1.17. The molecule has 392 valence electrons. The molecule has 0 radical (unpaired) electrons. The summed E-state index contributed by atoms with van der Waals surface area (Å²) in [5.74, 6) is 0. The van der Waals surface area contributed by atoms with Crippen LogP contribution in [0.25, 0.3) is 66.8 Å². The zero-order valence-electron chi connectivity index (χ0n) is 46.5. The highest BCUT2D eigenvalue weighted by atomic mass is 15.1. The average molecular weight is 1030 g/mol. The van der Waals surface area contributed by atoms with E-state index in [1.54, 1.807) is 100 Å². The number of hydrogen-bond donors (Lipinski definition) is 0. The van der Waals surface area contributed by atoms with Crippen molar-refractivity contribution >= 4 is 17.1 Å². The van der Waals surface area contributed by atoms with Gasteiger partial charge in [0.05, 0.1) is 0 Å². The molecule has 0 N–H and O–H groups in total. The van der Waals surface area contributed by atoms with E-state index in [9.17, 15) is 0 Å². The van der Waals surface area contributed by atoms with Crippen LogP contribution in [0.4, 0.5) is 17.1 Å². The van der Waals surface area contributed by atoms with Gasteiger partial charge in [0.2, 0.25) is 0 Å². The number of anilines is 3. The first kappa shape index (κ1) is 48.9. The van der Waals surface area contributed by atoms with E-state index in [2.05, 4.69) is 169 Å². The molecule has 6 aliphatic carbocycles. The Kier molecular flexibility index (Phi) is 13.1. The second-order valence-electron chi connectivity index (χ2n) is 24.3. The van der Waals surface area contributed by atoms with Crippen molar-refractivity contribution in [3.63, 3.8) is 0 Å². The number of rotatable bonds is 9. The molecular weight excluding hydrogens is 951 g/mol. The summed E-state index contributed by atoms with van der Waals surface area (Å²) in [6.07, 6.45) is 29.5. The van der Waals surface area contributed by atoms with E-state index in [0.29, 0.717) is 0 Å². The van der Waals surface area contributed by atoms with E-state index in [-0.39, 0.29) is 0 Å². The summed E-state index contributed by atoms with van der Waals surface area (Å²) in [5, 5.41) is 0. The van der Waals surface area contributed by atoms with Gasteiger partial charge in [0.15, 0.2) is 0 Å². The van der Waals surface area contributed by atoms with Crippen molar-refractivity contribution in [2.24, 2.45) is 0 Å². The van der Waals surface area contributed by atoms with Crippen molar-refractivity contribution in [3.05, 3.63) is 231 Å². The monoisotopic (exact) mass is 1030 g/mol. The average Bonchev–Trinajstić information content (AvgIpc) is 3.71. The van der Waals surface area contributed by atoms with Crippen LogP contribution in [-0.4, -0.2) is 0 Å². The van der Waals surface area contributed by atoms with Gasteiger partial charge in [-0.25, -0.2) is 0 Å². The van der Waals surface area contributed by atoms with Gasteiger partial charge in [0.25, 0.3) is 0 Å². The molecule has 0 fully saturated rings. The molecule has 0 saturated carbocycles. The molecule has 0 unspecified atom stereocenters. The minimum Gasteiger partial charge on any atom is -0.311 e. The van der Waals surface area contributed by atoms with E-state index >= 15 is 0 Å². The lowest BCUT2D eigenvalue weighted by atomic mass is 9.73. The predicted octanol–water partition coefficient (Wildman–Crippen LogP) is 20.4. The summed E-state index contributed by atoms with van der Waals surface area (Å²) >= 11 is 0. The van der Waals surface area contributed by atoms with Crippen LogP contribution >= 0.6 is 0 Å². The topological polar surface area (TPSA) is 3.24 Å². The lowest BCUT2D eigenvalue weighted by molar-refractivity contribution is 0.662. The van der Waals surface area contributed by atoms with Gasteiger partial charge in [0.1, 0.15) is 0 Å². The van der Waals surface area contributed by atoms with E-state index in [0.717, 1.165) is 0 Å². The minimum atomic E-state index is 1.17. The van der Waals surface area contributed by atoms with Crippen LogP contribution in [0.2, 0.25) is 0 Å². The molecule has 0 aliphatic heterocycles. The van der Waals surface area contributed by atoms with Crippen LogP contribution in [0.1, 0.15) is 144 Å². The van der Waals surface area contributed by atoms with Crippen molar-refractivity contribution in [3.8, 4) is 66.8 Å². The fourth-order valence-electron chi connectivity index (χ4n) is 16.5. The maximum Gasteiger partial charge on any atom is 0.0462 e. The van der Waals surface area contributed by atoms with Gasteiger partial charge in [-0.3, -0.25) is 0 Å². The van der Waals surface area contributed by atoms with E-state index < -0.39 is 0 Å². The standard InChI is InChI=1S/C78H75N/c1-4-22-52(23-5-1)73-61-28-10-16-34-67(61)76(68-35-17-11-29-62(68)73)55-40-46-58(47-41-55)79(59-48-42-56(43-49-59)77-69-36-18-12-30-63(69)74(53-24-6-2-7-25-53)64-31-13-19-37-70(64)77)60-50-44-57(45-51-60)78-71-38-20-14-32-65(71)75(54-26-8-3-9-27-54)66-33-15-21-39-72(66)78/h1-9,22-27,40-51H,10-21,28-39H2. The third kappa shape index (κ3) is 8.65. The first-order valence-corrected chi connectivity index (χ1v) is 31.1. The number of hydrogen-bond acceptors (Lipinski definition) is 1. The van der Waals surface area contributed by atoms with E-state index in [4.69, 9.17) is 0 Å². The largest absolute Gasteiger partial charge is 0.311 e. The second-order valence-corrected chi connectivity index (χ2v) is 24.3. The van der Waals surface area contributed by atoms with Crippen LogP contribution in [0.5, 0.6) is 0 Å².